The molecule has 2 aromatic rings. The number of benzene rings is 2. The molecule has 0 aromatic heterocycles. The summed E-state index contributed by atoms with van der Waals surface area (Å²) in [6.45, 7) is 3.49. The number of rotatable bonds is 9. The van der Waals surface area contributed by atoms with Crippen LogP contribution >= 0.6 is 11.9 Å². The van der Waals surface area contributed by atoms with E-state index in [2.05, 4.69) is 14.9 Å². The van der Waals surface area contributed by atoms with Crippen LogP contribution in [-0.2, 0) is 34.9 Å². The predicted octanol–water partition coefficient (Wildman–Crippen LogP) is 1.13. The van der Waals surface area contributed by atoms with Gasteiger partial charge in [-0.3, -0.25) is 24.0 Å². The summed E-state index contributed by atoms with van der Waals surface area (Å²) in [6, 6.07) is 4.35. The van der Waals surface area contributed by atoms with Gasteiger partial charge in [-0.05, 0) is 19.2 Å². The van der Waals surface area contributed by atoms with E-state index in [1.54, 1.807) is 13.2 Å². The van der Waals surface area contributed by atoms with E-state index in [1.807, 2.05) is 13.2 Å². The Morgan fingerprint density at radius 1 is 1.10 bits per heavy atom. The average Bonchev–Trinajstić information content (AvgIpc) is 3.49. The van der Waals surface area contributed by atoms with E-state index in [0.717, 1.165) is 0 Å². The summed E-state index contributed by atoms with van der Waals surface area (Å²) in [4.78, 5) is 43.6. The number of phenolic OH excluding ortho intramolecular Hbond substituents is 2. The van der Waals surface area contributed by atoms with Gasteiger partial charge in [0.05, 0.1) is 42.6 Å². The van der Waals surface area contributed by atoms with Gasteiger partial charge in [0, 0.05) is 68.7 Å². The zero-order chi connectivity index (χ0) is 35.5. The smallest absolute Gasteiger partial charge is 0.252 e. The van der Waals surface area contributed by atoms with Crippen molar-refractivity contribution in [3.63, 3.8) is 0 Å². The fourth-order valence-corrected chi connectivity index (χ4v) is 8.30. The van der Waals surface area contributed by atoms with Crippen molar-refractivity contribution in [2.75, 3.05) is 46.7 Å². The van der Waals surface area contributed by atoms with E-state index in [9.17, 15) is 29.7 Å². The van der Waals surface area contributed by atoms with Crippen LogP contribution < -0.4 is 14.8 Å². The van der Waals surface area contributed by atoms with Crippen LogP contribution in [0, 0.1) is 0 Å². The maximum Gasteiger partial charge on any atom is 0.252 e. The lowest BCUT2D eigenvalue weighted by atomic mass is 9.72. The van der Waals surface area contributed by atoms with Crippen molar-refractivity contribution in [2.45, 2.75) is 74.9 Å². The minimum atomic E-state index is -2.13. The molecule has 16 heteroatoms. The molecule has 7 rings (SSSR count). The molecule has 3 fully saturated rings. The summed E-state index contributed by atoms with van der Waals surface area (Å²) in [5, 5.41) is 38.3. The number of nitrogens with one attached hydrogen (secondary N) is 2. The number of aromatic hydroxyl groups is 2. The van der Waals surface area contributed by atoms with Crippen LogP contribution in [0.5, 0.6) is 17.2 Å². The van der Waals surface area contributed by atoms with Gasteiger partial charge in [-0.25, -0.2) is 0 Å². The highest BCUT2D eigenvalue weighted by Gasteiger charge is 2.55. The summed E-state index contributed by atoms with van der Waals surface area (Å²) >= 11 is 1.38. The van der Waals surface area contributed by atoms with Gasteiger partial charge in [0.15, 0.2) is 24.6 Å². The first-order chi connectivity index (χ1) is 24.0. The van der Waals surface area contributed by atoms with Crippen molar-refractivity contribution in [1.29, 1.82) is 0 Å². The third-order valence-electron chi connectivity index (χ3n) is 10.3. The normalized spacial score (nSPS) is 31.7. The van der Waals surface area contributed by atoms with Gasteiger partial charge >= 0.3 is 0 Å². The number of morpholine rings is 1. The Morgan fingerprint density at radius 3 is 2.62 bits per heavy atom. The van der Waals surface area contributed by atoms with E-state index in [-0.39, 0.29) is 53.1 Å². The number of ether oxygens (including phenoxy) is 6. The Hall–Kier alpha value is -3.32. The molecule has 3 aliphatic heterocycles. The minimum absolute atomic E-state index is 0.00739. The quantitative estimate of drug-likeness (QED) is 0.120. The number of carbonyl (C=O) groups excluding carboxylic acids is 3. The van der Waals surface area contributed by atoms with Gasteiger partial charge in [0.25, 0.3) is 5.91 Å². The summed E-state index contributed by atoms with van der Waals surface area (Å²) < 4.78 is 38.8. The molecule has 0 unspecified atom stereocenters. The van der Waals surface area contributed by atoms with Gasteiger partial charge in [-0.15, -0.1) is 0 Å². The molecule has 270 valence electrons. The highest BCUT2D eigenvalue weighted by molar-refractivity contribution is 7.96. The summed E-state index contributed by atoms with van der Waals surface area (Å²) in [6.07, 6.45) is -2.62. The monoisotopic (exact) mass is 715 g/mol. The molecule has 2 aromatic carbocycles. The third kappa shape index (κ3) is 5.66. The minimum Gasteiger partial charge on any atom is -0.507 e. The third-order valence-corrected chi connectivity index (χ3v) is 10.8. The molecule has 3 saturated heterocycles. The molecule has 0 saturated carbocycles. The van der Waals surface area contributed by atoms with Crippen LogP contribution in [0.2, 0.25) is 0 Å². The Morgan fingerprint density at radius 2 is 1.88 bits per heavy atom. The molecule has 1 amide bonds. The number of amides is 1. The van der Waals surface area contributed by atoms with Gasteiger partial charge in [0.2, 0.25) is 5.78 Å². The average molecular weight is 716 g/mol. The second-order valence-corrected chi connectivity index (χ2v) is 13.7. The fourth-order valence-electron chi connectivity index (χ4n) is 8.00. The standard InChI is InChI=1S/C34H41N3O12S/c1-15-30-18(37-10-11-46-32(45-3)31(37)49-30)12-21(47-15)48-20-14-34(43,33(42)35-8-9-36-50-4)13-17-23(20)29(41)25-24(27(17)39)26(38)16-6-5-7-19(44-2)22(16)28(25)40/h5-7,15,18,20-21,30-32,36,39,41,43H,8-14H2,1-4H3,(H,35,42)/t15-,18-,20-,21-,30+,31+,32-,34-/m0/s1. The second kappa shape index (κ2) is 13.7. The Labute approximate surface area is 292 Å². The molecule has 5 aliphatic rings. The van der Waals surface area contributed by atoms with Crippen LogP contribution in [0.1, 0.15) is 68.8 Å². The first kappa shape index (κ1) is 35.1. The number of carbonyl (C=O) groups is 3. The molecular weight excluding hydrogens is 674 g/mol. The Bertz CT molecular complexity index is 1710. The molecule has 5 N–H and O–H groups in total. The molecule has 0 spiro atoms. The topological polar surface area (TPSA) is 195 Å². The molecule has 0 radical (unpaired) electrons. The maximum atomic E-state index is 14.0. The number of hydrogen-bond acceptors (Lipinski definition) is 15. The molecule has 2 aliphatic carbocycles. The van der Waals surface area contributed by atoms with Crippen molar-refractivity contribution in [3.05, 3.63) is 51.6 Å². The van der Waals surface area contributed by atoms with Gasteiger partial charge in [0.1, 0.15) is 29.0 Å². The molecule has 3 heterocycles. The van der Waals surface area contributed by atoms with E-state index < -0.39 is 83.1 Å². The zero-order valence-electron chi connectivity index (χ0n) is 28.1. The molecule has 8 atom stereocenters. The van der Waals surface area contributed by atoms with E-state index in [4.69, 9.17) is 28.4 Å². The predicted molar refractivity (Wildman–Crippen MR) is 176 cm³/mol. The SMILES string of the molecule is COc1cccc2c1C(=O)c1c(O)c3c(c(O)c1C2=O)C[C@@](O)(C(=O)NCCNSC)C[C@@H]3O[C@H]1C[C@H]2[C@H](O[C@@H]3[C@@H](OC)OCCN32)[C@H](C)O1. The molecule has 50 heavy (non-hydrogen) atoms. The van der Waals surface area contributed by atoms with E-state index in [1.165, 1.54) is 31.2 Å². The lowest BCUT2D eigenvalue weighted by molar-refractivity contribution is -0.256. The fraction of sp³-hybridized carbons (Fsp3) is 0.559. The van der Waals surface area contributed by atoms with Crippen molar-refractivity contribution in [1.82, 2.24) is 14.9 Å². The van der Waals surface area contributed by atoms with Gasteiger partial charge in [-0.2, -0.15) is 0 Å². The summed E-state index contributed by atoms with van der Waals surface area (Å²) in [7, 11) is 2.91. The molecule has 15 nitrogen and oxygen atoms in total. The Balaban J connectivity index is 1.27. The molecule has 0 bridgehead atoms. The van der Waals surface area contributed by atoms with Crippen molar-refractivity contribution >= 4 is 29.4 Å². The number of nitrogens with zero attached hydrogens (tertiary/aromatic N) is 1. The summed E-state index contributed by atoms with van der Waals surface area (Å²) in [5.41, 5.74) is -3.09. The highest BCUT2D eigenvalue weighted by atomic mass is 32.2. The zero-order valence-corrected chi connectivity index (χ0v) is 28.9. The Kier molecular flexibility index (Phi) is 9.59. The number of methoxy groups -OCH3 is 2. The van der Waals surface area contributed by atoms with Crippen molar-refractivity contribution < 1.29 is 58.1 Å². The lowest BCUT2D eigenvalue weighted by Gasteiger charge is -2.43. The summed E-state index contributed by atoms with van der Waals surface area (Å²) in [5.74, 6) is -3.23. The van der Waals surface area contributed by atoms with Crippen LogP contribution in [0.15, 0.2) is 18.2 Å². The highest BCUT2D eigenvalue weighted by Crippen LogP contribution is 2.53. The molecular formula is C34H41N3O12S. The number of ketones is 2. The number of aliphatic hydroxyl groups is 1. The lowest BCUT2D eigenvalue weighted by Crippen LogP contribution is -2.55. The van der Waals surface area contributed by atoms with Gasteiger partial charge < -0.3 is 49.1 Å². The first-order valence-electron chi connectivity index (χ1n) is 16.5. The van der Waals surface area contributed by atoms with Gasteiger partial charge in [-0.1, -0.05) is 24.1 Å². The number of hydrogen-bond donors (Lipinski definition) is 5. The van der Waals surface area contributed by atoms with Crippen LogP contribution in [0.4, 0.5) is 0 Å². The van der Waals surface area contributed by atoms with Crippen LogP contribution in [0.3, 0.4) is 0 Å². The number of phenols is 2. The van der Waals surface area contributed by atoms with E-state index >= 15 is 0 Å². The largest absolute Gasteiger partial charge is 0.507 e. The van der Waals surface area contributed by atoms with E-state index in [0.29, 0.717) is 26.1 Å². The maximum absolute atomic E-state index is 14.0. The van der Waals surface area contributed by atoms with Crippen LogP contribution in [-0.4, -0.2) is 127 Å². The van der Waals surface area contributed by atoms with Crippen molar-refractivity contribution in [3.8, 4) is 17.2 Å². The van der Waals surface area contributed by atoms with Crippen molar-refractivity contribution in [2.24, 2.45) is 0 Å². The van der Waals surface area contributed by atoms with Crippen LogP contribution in [0.25, 0.3) is 0 Å². The number of fused-ring (bicyclic) bond motifs is 6. The second-order valence-electron chi connectivity index (χ2n) is 13.0. The first-order valence-corrected chi connectivity index (χ1v) is 17.8.